The molecule has 0 aliphatic heterocycles. The average Bonchev–Trinajstić information content (AvgIpc) is 3.13. The molecule has 2 aromatic heterocycles. The van der Waals surface area contributed by atoms with E-state index in [0.717, 1.165) is 23.2 Å². The highest BCUT2D eigenvalue weighted by Crippen LogP contribution is 2.31. The van der Waals surface area contributed by atoms with Crippen molar-refractivity contribution in [2.75, 3.05) is 11.6 Å². The van der Waals surface area contributed by atoms with Gasteiger partial charge >= 0.3 is 6.01 Å². The molecular weight excluding hydrogens is 421 g/mol. The molecule has 0 saturated heterocycles. The number of nitrogens with one attached hydrogen (secondary N) is 1. The predicted molar refractivity (Wildman–Crippen MR) is 98.9 cm³/mol. The molecule has 3 rings (SSSR count). The number of benzene rings is 1. The molecule has 0 spiro atoms. The van der Waals surface area contributed by atoms with Crippen molar-refractivity contribution in [3.05, 3.63) is 56.0 Å². The van der Waals surface area contributed by atoms with Crippen molar-refractivity contribution in [3.63, 3.8) is 0 Å². The Hall–Kier alpha value is -1.94. The Labute approximate surface area is 162 Å². The molecule has 0 atom stereocenters. The van der Waals surface area contributed by atoms with Crippen LogP contribution in [-0.4, -0.2) is 30.8 Å². The molecule has 2 heterocycles. The van der Waals surface area contributed by atoms with Crippen molar-refractivity contribution in [3.8, 4) is 0 Å². The van der Waals surface area contributed by atoms with Gasteiger partial charge in [0.05, 0.1) is 21.2 Å². The first kappa shape index (κ1) is 18.8. The second kappa shape index (κ2) is 7.36. The summed E-state index contributed by atoms with van der Waals surface area (Å²) in [7, 11) is -3.25. The average molecular weight is 432 g/mol. The first-order valence-corrected chi connectivity index (χ1v) is 10.6. The number of carbonyl (C=O) groups is 1. The monoisotopic (exact) mass is 431 g/mol. The lowest BCUT2D eigenvalue weighted by Crippen LogP contribution is -2.11. The summed E-state index contributed by atoms with van der Waals surface area (Å²) in [6, 6.07) is 7.71. The van der Waals surface area contributed by atoms with Crippen LogP contribution >= 0.6 is 34.5 Å². The predicted octanol–water partition coefficient (Wildman–Crippen LogP) is 3.68. The van der Waals surface area contributed by atoms with Crippen molar-refractivity contribution < 1.29 is 17.6 Å². The third kappa shape index (κ3) is 4.42. The van der Waals surface area contributed by atoms with Gasteiger partial charge in [0.2, 0.25) is 5.89 Å². The van der Waals surface area contributed by atoms with Crippen molar-refractivity contribution in [2.45, 2.75) is 11.3 Å². The molecule has 7 nitrogen and oxygen atoms in total. The van der Waals surface area contributed by atoms with Gasteiger partial charge in [-0.05, 0) is 23.8 Å². The van der Waals surface area contributed by atoms with Crippen molar-refractivity contribution >= 4 is 56.3 Å². The Morgan fingerprint density at radius 3 is 2.50 bits per heavy atom. The van der Waals surface area contributed by atoms with Gasteiger partial charge in [-0.15, -0.1) is 16.4 Å². The number of halogens is 2. The second-order valence-corrected chi connectivity index (χ2v) is 9.59. The molecule has 136 valence electrons. The molecule has 1 amide bonds. The van der Waals surface area contributed by atoms with Gasteiger partial charge in [0.15, 0.2) is 9.84 Å². The zero-order valence-electron chi connectivity index (χ0n) is 13.2. The van der Waals surface area contributed by atoms with E-state index < -0.39 is 15.7 Å². The second-order valence-electron chi connectivity index (χ2n) is 5.29. The molecule has 1 aromatic carbocycles. The van der Waals surface area contributed by atoms with Gasteiger partial charge in [-0.25, -0.2) is 8.42 Å². The fourth-order valence-electron chi connectivity index (χ4n) is 2.06. The SMILES string of the molecule is CS(=O)(=O)c1ccc(Cc2nnc(NC(=O)c3cc(Cl)sc3Cl)o2)cc1. The van der Waals surface area contributed by atoms with E-state index in [9.17, 15) is 13.2 Å². The summed E-state index contributed by atoms with van der Waals surface area (Å²) in [4.78, 5) is 12.3. The summed E-state index contributed by atoms with van der Waals surface area (Å²) in [6.45, 7) is 0. The number of thiophene rings is 1. The zero-order valence-corrected chi connectivity index (χ0v) is 16.3. The molecule has 1 N–H and O–H groups in total. The highest BCUT2D eigenvalue weighted by molar-refractivity contribution is 7.90. The van der Waals surface area contributed by atoms with E-state index in [1.807, 2.05) is 0 Å². The van der Waals surface area contributed by atoms with E-state index in [1.54, 1.807) is 12.1 Å². The van der Waals surface area contributed by atoms with E-state index in [2.05, 4.69) is 15.5 Å². The molecule has 0 saturated carbocycles. The number of hydrogen-bond donors (Lipinski definition) is 1. The van der Waals surface area contributed by atoms with Gasteiger partial charge in [0.25, 0.3) is 5.91 Å². The maximum Gasteiger partial charge on any atom is 0.322 e. The van der Waals surface area contributed by atoms with Crippen LogP contribution in [0.5, 0.6) is 0 Å². The van der Waals surface area contributed by atoms with Crippen LogP contribution in [0.4, 0.5) is 6.01 Å². The van der Waals surface area contributed by atoms with Crippen molar-refractivity contribution in [2.24, 2.45) is 0 Å². The molecule has 0 aliphatic carbocycles. The van der Waals surface area contributed by atoms with Gasteiger partial charge in [0.1, 0.15) is 4.34 Å². The molecule has 0 bridgehead atoms. The summed E-state index contributed by atoms with van der Waals surface area (Å²) in [5.74, 6) is -0.243. The Kier molecular flexibility index (Phi) is 5.33. The maximum absolute atomic E-state index is 12.1. The van der Waals surface area contributed by atoms with Gasteiger partial charge in [-0.3, -0.25) is 10.1 Å². The highest BCUT2D eigenvalue weighted by atomic mass is 35.5. The van der Waals surface area contributed by atoms with E-state index in [0.29, 0.717) is 4.34 Å². The fourth-order valence-corrected chi connectivity index (χ4v) is 4.15. The molecule has 11 heteroatoms. The minimum atomic E-state index is -3.25. The Balaban J connectivity index is 1.68. The topological polar surface area (TPSA) is 102 Å². The van der Waals surface area contributed by atoms with Crippen LogP contribution in [0, 0.1) is 0 Å². The number of carbonyl (C=O) groups excluding carboxylic acids is 1. The zero-order chi connectivity index (χ0) is 18.9. The molecule has 0 unspecified atom stereocenters. The third-order valence-electron chi connectivity index (χ3n) is 3.30. The lowest BCUT2D eigenvalue weighted by molar-refractivity contribution is 0.102. The van der Waals surface area contributed by atoms with Crippen LogP contribution in [0.2, 0.25) is 8.67 Å². The molecule has 26 heavy (non-hydrogen) atoms. The van der Waals surface area contributed by atoms with Crippen LogP contribution in [0.3, 0.4) is 0 Å². The van der Waals surface area contributed by atoms with Crippen LogP contribution in [0.15, 0.2) is 39.6 Å². The third-order valence-corrected chi connectivity index (χ3v) is 5.91. The summed E-state index contributed by atoms with van der Waals surface area (Å²) in [6.07, 6.45) is 1.43. The van der Waals surface area contributed by atoms with Gasteiger partial charge in [-0.1, -0.05) is 40.4 Å². The lowest BCUT2D eigenvalue weighted by Gasteiger charge is -2.00. The van der Waals surface area contributed by atoms with Gasteiger partial charge in [0, 0.05) is 6.26 Å². The number of hydrogen-bond acceptors (Lipinski definition) is 7. The first-order chi connectivity index (χ1) is 12.2. The standard InChI is InChI=1S/C15H11Cl2N3O4S2/c1-26(22,23)9-4-2-8(3-5-9)6-12-19-20-15(24-12)18-14(21)10-7-11(16)25-13(10)17/h2-5,7H,6H2,1H3,(H,18,20,21). The minimum Gasteiger partial charge on any atom is -0.407 e. The summed E-state index contributed by atoms with van der Waals surface area (Å²) >= 11 is 12.8. The molecule has 0 aliphatic rings. The molecule has 0 radical (unpaired) electrons. The van der Waals surface area contributed by atoms with Crippen LogP contribution in [0.1, 0.15) is 21.8 Å². The van der Waals surface area contributed by atoms with E-state index in [4.69, 9.17) is 27.6 Å². The van der Waals surface area contributed by atoms with Crippen LogP contribution in [-0.2, 0) is 16.3 Å². The molecule has 0 fully saturated rings. The molecule has 3 aromatic rings. The first-order valence-electron chi connectivity index (χ1n) is 7.10. The number of rotatable bonds is 5. The molecular formula is C15H11Cl2N3O4S2. The smallest absolute Gasteiger partial charge is 0.322 e. The van der Waals surface area contributed by atoms with Crippen molar-refractivity contribution in [1.29, 1.82) is 0 Å². The Morgan fingerprint density at radius 2 is 1.92 bits per heavy atom. The summed E-state index contributed by atoms with van der Waals surface area (Å²) in [5, 5.41) is 10.1. The van der Waals surface area contributed by atoms with E-state index >= 15 is 0 Å². The lowest BCUT2D eigenvalue weighted by atomic mass is 10.1. The number of aromatic nitrogens is 2. The number of amides is 1. The van der Waals surface area contributed by atoms with Gasteiger partial charge < -0.3 is 4.42 Å². The van der Waals surface area contributed by atoms with Gasteiger partial charge in [-0.2, -0.15) is 0 Å². The number of nitrogens with zero attached hydrogens (tertiary/aromatic N) is 2. The van der Waals surface area contributed by atoms with Crippen LogP contribution < -0.4 is 5.32 Å². The van der Waals surface area contributed by atoms with Crippen LogP contribution in [0.25, 0.3) is 0 Å². The van der Waals surface area contributed by atoms with E-state index in [-0.39, 0.29) is 33.1 Å². The Morgan fingerprint density at radius 1 is 1.23 bits per heavy atom. The summed E-state index contributed by atoms with van der Waals surface area (Å²) in [5.41, 5.74) is 1.00. The normalized spacial score (nSPS) is 11.5. The largest absolute Gasteiger partial charge is 0.407 e. The maximum atomic E-state index is 12.1. The number of anilines is 1. The summed E-state index contributed by atoms with van der Waals surface area (Å²) < 4.78 is 28.9. The van der Waals surface area contributed by atoms with Crippen molar-refractivity contribution in [1.82, 2.24) is 10.2 Å². The minimum absolute atomic E-state index is 0.0730. The fraction of sp³-hybridized carbons (Fsp3) is 0.133. The van der Waals surface area contributed by atoms with E-state index in [1.165, 1.54) is 18.2 Å². The highest BCUT2D eigenvalue weighted by Gasteiger charge is 2.17. The quantitative estimate of drug-likeness (QED) is 0.660. The number of sulfone groups is 1. The Bertz CT molecular complexity index is 1060.